The number of carbonyl (C=O) groups is 1. The van der Waals surface area contributed by atoms with Crippen molar-refractivity contribution in [1.82, 2.24) is 4.72 Å². The highest BCUT2D eigenvalue weighted by Crippen LogP contribution is 2.15. The standard InChI is InChI=1S/C8H9F2NO5S/c9-8(10,5-13)4-11-17(14,15)7-2-1-6(3-12)16-7/h1-3,11,13H,4-5H2. The van der Waals surface area contributed by atoms with Gasteiger partial charge in [0, 0.05) is 0 Å². The van der Waals surface area contributed by atoms with Crippen molar-refractivity contribution >= 4 is 16.3 Å². The predicted octanol–water partition coefficient (Wildman–Crippen LogP) is -0.00200. The second-order valence-electron chi connectivity index (χ2n) is 3.11. The van der Waals surface area contributed by atoms with E-state index in [0.29, 0.717) is 0 Å². The van der Waals surface area contributed by atoms with Crippen LogP contribution < -0.4 is 4.72 Å². The van der Waals surface area contributed by atoms with Crippen LogP contribution >= 0.6 is 0 Å². The van der Waals surface area contributed by atoms with E-state index < -0.39 is 34.2 Å². The van der Waals surface area contributed by atoms with Gasteiger partial charge in [-0.25, -0.2) is 21.9 Å². The van der Waals surface area contributed by atoms with E-state index in [1.54, 1.807) is 4.72 Å². The summed E-state index contributed by atoms with van der Waals surface area (Å²) in [5.74, 6) is -3.80. The van der Waals surface area contributed by atoms with E-state index in [-0.39, 0.29) is 12.0 Å². The highest BCUT2D eigenvalue weighted by Gasteiger charge is 2.31. The summed E-state index contributed by atoms with van der Waals surface area (Å²) in [6, 6.07) is 2.05. The number of alkyl halides is 2. The Balaban J connectivity index is 2.79. The molecule has 0 amide bonds. The number of carbonyl (C=O) groups excluding carboxylic acids is 1. The Morgan fingerprint density at radius 3 is 2.59 bits per heavy atom. The number of aliphatic hydroxyl groups excluding tert-OH is 1. The molecule has 2 N–H and O–H groups in total. The van der Waals surface area contributed by atoms with E-state index >= 15 is 0 Å². The lowest BCUT2D eigenvalue weighted by molar-refractivity contribution is -0.0437. The van der Waals surface area contributed by atoms with Gasteiger partial charge in [0.2, 0.25) is 5.09 Å². The Hall–Kier alpha value is -1.32. The third kappa shape index (κ3) is 3.58. The molecule has 0 unspecified atom stereocenters. The minimum atomic E-state index is -4.26. The molecule has 0 aliphatic carbocycles. The first-order chi connectivity index (χ1) is 7.80. The first-order valence-corrected chi connectivity index (χ1v) is 5.82. The molecule has 1 aromatic heterocycles. The molecule has 9 heteroatoms. The Bertz CT molecular complexity index is 496. The summed E-state index contributed by atoms with van der Waals surface area (Å²) in [6.07, 6.45) is 0.279. The molecule has 0 fully saturated rings. The predicted molar refractivity (Wildman–Crippen MR) is 51.3 cm³/mol. The van der Waals surface area contributed by atoms with E-state index in [4.69, 9.17) is 5.11 Å². The molecule has 0 aliphatic heterocycles. The van der Waals surface area contributed by atoms with Crippen molar-refractivity contribution in [3.63, 3.8) is 0 Å². The molecule has 0 atom stereocenters. The van der Waals surface area contributed by atoms with Crippen LogP contribution in [0.5, 0.6) is 0 Å². The summed E-state index contributed by atoms with van der Waals surface area (Å²) in [7, 11) is -4.26. The van der Waals surface area contributed by atoms with Gasteiger partial charge >= 0.3 is 0 Å². The molecule has 1 rings (SSSR count). The highest BCUT2D eigenvalue weighted by molar-refractivity contribution is 7.89. The smallest absolute Gasteiger partial charge is 0.283 e. The molecule has 1 heterocycles. The van der Waals surface area contributed by atoms with Crippen molar-refractivity contribution in [2.24, 2.45) is 0 Å². The van der Waals surface area contributed by atoms with Crippen molar-refractivity contribution in [3.05, 3.63) is 17.9 Å². The van der Waals surface area contributed by atoms with Crippen LogP contribution in [0.4, 0.5) is 8.78 Å². The van der Waals surface area contributed by atoms with Gasteiger partial charge in [0.15, 0.2) is 12.0 Å². The lowest BCUT2D eigenvalue weighted by atomic mass is 10.4. The Kier molecular flexibility index (Phi) is 3.96. The molecule has 0 saturated heterocycles. The van der Waals surface area contributed by atoms with Crippen LogP contribution in [0.1, 0.15) is 10.6 Å². The van der Waals surface area contributed by atoms with Crippen LogP contribution in [0, 0.1) is 0 Å². The van der Waals surface area contributed by atoms with Gasteiger partial charge in [0.25, 0.3) is 15.9 Å². The number of halogens is 2. The summed E-state index contributed by atoms with van der Waals surface area (Å²) in [6.45, 7) is -2.74. The second-order valence-corrected chi connectivity index (χ2v) is 4.81. The van der Waals surface area contributed by atoms with Crippen LogP contribution in [0.3, 0.4) is 0 Å². The zero-order valence-electron chi connectivity index (χ0n) is 8.39. The number of furan rings is 1. The number of aliphatic hydroxyl groups is 1. The maximum absolute atomic E-state index is 12.6. The van der Waals surface area contributed by atoms with Crippen molar-refractivity contribution in [2.75, 3.05) is 13.2 Å². The van der Waals surface area contributed by atoms with Crippen LogP contribution in [0.2, 0.25) is 0 Å². The maximum atomic E-state index is 12.6. The minimum absolute atomic E-state index is 0.237. The molecular weight excluding hydrogens is 260 g/mol. The van der Waals surface area contributed by atoms with Crippen molar-refractivity contribution in [2.45, 2.75) is 11.0 Å². The van der Waals surface area contributed by atoms with Crippen molar-refractivity contribution in [1.29, 1.82) is 0 Å². The number of sulfonamides is 1. The minimum Gasteiger partial charge on any atom is -0.440 e. The van der Waals surface area contributed by atoms with E-state index in [1.807, 2.05) is 0 Å². The Morgan fingerprint density at radius 1 is 1.47 bits per heavy atom. The van der Waals surface area contributed by atoms with Crippen LogP contribution in [0.15, 0.2) is 21.6 Å². The summed E-state index contributed by atoms with van der Waals surface area (Å²) in [5.41, 5.74) is 0. The van der Waals surface area contributed by atoms with Gasteiger partial charge in [-0.2, -0.15) is 0 Å². The average molecular weight is 269 g/mol. The molecule has 6 nitrogen and oxygen atoms in total. The molecule has 0 bridgehead atoms. The molecule has 0 saturated carbocycles. The quantitative estimate of drug-likeness (QED) is 0.708. The first kappa shape index (κ1) is 13.7. The van der Waals surface area contributed by atoms with E-state index in [2.05, 4.69) is 4.42 Å². The van der Waals surface area contributed by atoms with E-state index in [1.165, 1.54) is 0 Å². The average Bonchev–Trinajstić information content (AvgIpc) is 2.76. The van der Waals surface area contributed by atoms with Gasteiger partial charge in [0.1, 0.15) is 6.61 Å². The van der Waals surface area contributed by atoms with E-state index in [9.17, 15) is 22.0 Å². The van der Waals surface area contributed by atoms with Crippen LogP contribution in [0.25, 0.3) is 0 Å². The van der Waals surface area contributed by atoms with Crippen LogP contribution in [-0.2, 0) is 10.0 Å². The summed E-state index contributed by atoms with van der Waals surface area (Å²) >= 11 is 0. The SMILES string of the molecule is O=Cc1ccc(S(=O)(=O)NCC(F)(F)CO)o1. The molecule has 0 aromatic carbocycles. The van der Waals surface area contributed by atoms with Crippen molar-refractivity contribution < 1.29 is 31.5 Å². The van der Waals surface area contributed by atoms with Crippen LogP contribution in [-0.4, -0.2) is 38.9 Å². The monoisotopic (exact) mass is 269 g/mol. The van der Waals surface area contributed by atoms with Gasteiger partial charge in [-0.3, -0.25) is 4.79 Å². The normalized spacial score (nSPS) is 12.6. The zero-order chi connectivity index (χ0) is 13.1. The molecule has 17 heavy (non-hydrogen) atoms. The third-order valence-electron chi connectivity index (χ3n) is 1.74. The molecular formula is C8H9F2NO5S. The first-order valence-electron chi connectivity index (χ1n) is 4.34. The number of aldehydes is 1. The number of hydrogen-bond donors (Lipinski definition) is 2. The molecule has 1 aromatic rings. The van der Waals surface area contributed by atoms with Gasteiger partial charge in [-0.05, 0) is 12.1 Å². The maximum Gasteiger partial charge on any atom is 0.283 e. The number of rotatable bonds is 6. The Morgan fingerprint density at radius 2 is 2.12 bits per heavy atom. The molecule has 96 valence electrons. The molecule has 0 spiro atoms. The fraction of sp³-hybridized carbons (Fsp3) is 0.375. The molecule has 0 aliphatic rings. The topological polar surface area (TPSA) is 96.6 Å². The highest BCUT2D eigenvalue weighted by atomic mass is 32.2. The lowest BCUT2D eigenvalue weighted by Crippen LogP contribution is -2.38. The number of hydrogen-bond acceptors (Lipinski definition) is 5. The second kappa shape index (κ2) is 4.90. The van der Waals surface area contributed by atoms with E-state index in [0.717, 1.165) is 12.1 Å². The van der Waals surface area contributed by atoms with Crippen molar-refractivity contribution in [3.8, 4) is 0 Å². The number of nitrogens with one attached hydrogen (secondary N) is 1. The van der Waals surface area contributed by atoms with Gasteiger partial charge in [0.05, 0.1) is 6.54 Å². The summed E-state index contributed by atoms with van der Waals surface area (Å²) < 4.78 is 54.1. The summed E-state index contributed by atoms with van der Waals surface area (Å²) in [4.78, 5) is 10.2. The largest absolute Gasteiger partial charge is 0.440 e. The zero-order valence-corrected chi connectivity index (χ0v) is 9.21. The fourth-order valence-corrected chi connectivity index (χ4v) is 1.87. The third-order valence-corrected chi connectivity index (χ3v) is 3.01. The van der Waals surface area contributed by atoms with Gasteiger partial charge < -0.3 is 9.52 Å². The fourth-order valence-electron chi connectivity index (χ4n) is 0.870. The van der Waals surface area contributed by atoms with Gasteiger partial charge in [-0.1, -0.05) is 0 Å². The van der Waals surface area contributed by atoms with Gasteiger partial charge in [-0.15, -0.1) is 0 Å². The lowest BCUT2D eigenvalue weighted by Gasteiger charge is -2.13. The summed E-state index contributed by atoms with van der Waals surface area (Å²) in [5, 5.41) is 7.60. The Labute approximate surface area is 95.3 Å². The molecule has 0 radical (unpaired) electrons.